The van der Waals surface area contributed by atoms with Crippen LogP contribution in [0.2, 0.25) is 0 Å². The molecule has 0 unspecified atom stereocenters. The lowest BCUT2D eigenvalue weighted by Gasteiger charge is -2.03. The molecule has 6 nitrogen and oxygen atoms in total. The molecule has 0 aliphatic rings. The van der Waals surface area contributed by atoms with Crippen LogP contribution >= 0.6 is 0 Å². The zero-order chi connectivity index (χ0) is 16.1. The fourth-order valence-corrected chi connectivity index (χ4v) is 1.79. The van der Waals surface area contributed by atoms with Crippen LogP contribution in [-0.4, -0.2) is 16.5 Å². The quantitative estimate of drug-likeness (QED) is 0.534. The highest BCUT2D eigenvalue weighted by Crippen LogP contribution is 2.12. The number of nitro benzene ring substituents is 1. The van der Waals surface area contributed by atoms with Gasteiger partial charge in [0.2, 0.25) is 0 Å². The summed E-state index contributed by atoms with van der Waals surface area (Å²) in [4.78, 5) is 22.1. The maximum absolute atomic E-state index is 11.9. The molecular weight excluding hydrogens is 282 g/mol. The molecule has 0 atom stereocenters. The average molecular weight is 297 g/mol. The molecule has 112 valence electrons. The van der Waals surface area contributed by atoms with Gasteiger partial charge < -0.3 is 0 Å². The van der Waals surface area contributed by atoms with Crippen molar-refractivity contribution in [3.63, 3.8) is 0 Å². The summed E-state index contributed by atoms with van der Waals surface area (Å²) in [5.41, 5.74) is 5.34. The van der Waals surface area contributed by atoms with Crippen LogP contribution in [0.25, 0.3) is 0 Å². The molecule has 0 fully saturated rings. The minimum atomic E-state index is -0.463. The highest BCUT2D eigenvalue weighted by Gasteiger charge is 2.07. The van der Waals surface area contributed by atoms with Crippen LogP contribution in [0.15, 0.2) is 53.6 Å². The highest BCUT2D eigenvalue weighted by atomic mass is 16.6. The maximum Gasteiger partial charge on any atom is 0.271 e. The van der Waals surface area contributed by atoms with E-state index < -0.39 is 4.92 Å². The van der Waals surface area contributed by atoms with Gasteiger partial charge in [-0.2, -0.15) is 5.10 Å². The van der Waals surface area contributed by atoms with Gasteiger partial charge in [-0.05, 0) is 43.7 Å². The van der Waals surface area contributed by atoms with E-state index in [2.05, 4.69) is 10.5 Å². The van der Waals surface area contributed by atoms with E-state index in [9.17, 15) is 14.9 Å². The Morgan fingerprint density at radius 1 is 1.05 bits per heavy atom. The van der Waals surface area contributed by atoms with E-state index in [0.29, 0.717) is 16.8 Å². The number of nitro groups is 1. The van der Waals surface area contributed by atoms with Gasteiger partial charge in [0.25, 0.3) is 11.6 Å². The minimum Gasteiger partial charge on any atom is -0.267 e. The zero-order valence-electron chi connectivity index (χ0n) is 12.2. The molecule has 1 amide bonds. The van der Waals surface area contributed by atoms with Crippen molar-refractivity contribution in [1.29, 1.82) is 0 Å². The summed E-state index contributed by atoms with van der Waals surface area (Å²) in [5, 5.41) is 14.6. The van der Waals surface area contributed by atoms with Crippen LogP contribution in [-0.2, 0) is 0 Å². The van der Waals surface area contributed by atoms with Gasteiger partial charge in [0, 0.05) is 17.7 Å². The topological polar surface area (TPSA) is 84.6 Å². The summed E-state index contributed by atoms with van der Waals surface area (Å²) in [5.74, 6) is -0.304. The van der Waals surface area contributed by atoms with Crippen molar-refractivity contribution in [3.8, 4) is 0 Å². The lowest BCUT2D eigenvalue weighted by Crippen LogP contribution is -2.19. The van der Waals surface area contributed by atoms with Gasteiger partial charge in [0.15, 0.2) is 0 Å². The van der Waals surface area contributed by atoms with Crippen molar-refractivity contribution in [2.24, 2.45) is 5.10 Å². The predicted molar refractivity (Wildman–Crippen MR) is 84.0 cm³/mol. The lowest BCUT2D eigenvalue weighted by atomic mass is 10.1. The number of amides is 1. The summed E-state index contributed by atoms with van der Waals surface area (Å²) in [6.45, 7) is 3.66. The van der Waals surface area contributed by atoms with Crippen LogP contribution in [0, 0.1) is 17.0 Å². The summed E-state index contributed by atoms with van der Waals surface area (Å²) in [6, 6.07) is 13.1. The molecule has 2 rings (SSSR count). The van der Waals surface area contributed by atoms with Crippen LogP contribution in [0.5, 0.6) is 0 Å². The lowest BCUT2D eigenvalue weighted by molar-refractivity contribution is -0.384. The third-order valence-corrected chi connectivity index (χ3v) is 3.13. The van der Waals surface area contributed by atoms with E-state index in [1.54, 1.807) is 31.2 Å². The number of rotatable bonds is 4. The second-order valence-electron chi connectivity index (χ2n) is 4.81. The number of aryl methyl sites for hydroxylation is 1. The first-order valence-corrected chi connectivity index (χ1v) is 6.63. The number of benzene rings is 2. The number of carbonyl (C=O) groups is 1. The molecule has 1 N–H and O–H groups in total. The molecule has 2 aromatic rings. The molecule has 22 heavy (non-hydrogen) atoms. The predicted octanol–water partition coefficient (Wildman–Crippen LogP) is 3.06. The first-order valence-electron chi connectivity index (χ1n) is 6.63. The van der Waals surface area contributed by atoms with E-state index in [-0.39, 0.29) is 11.6 Å². The molecule has 0 spiro atoms. The Kier molecular flexibility index (Phi) is 4.63. The van der Waals surface area contributed by atoms with Gasteiger partial charge in [-0.15, -0.1) is 0 Å². The summed E-state index contributed by atoms with van der Waals surface area (Å²) in [7, 11) is 0. The minimum absolute atomic E-state index is 0.0141. The molecule has 6 heteroatoms. The third kappa shape index (κ3) is 3.76. The Balaban J connectivity index is 2.07. The number of carbonyl (C=O) groups excluding carboxylic acids is 1. The molecule has 0 radical (unpaired) electrons. The molecular formula is C16H15N3O3. The number of hydrazone groups is 1. The molecule has 2 aromatic carbocycles. The van der Waals surface area contributed by atoms with Gasteiger partial charge in [-0.3, -0.25) is 14.9 Å². The summed E-state index contributed by atoms with van der Waals surface area (Å²) in [6.07, 6.45) is 0. The summed E-state index contributed by atoms with van der Waals surface area (Å²) < 4.78 is 0. The number of hydrogen-bond acceptors (Lipinski definition) is 4. The SMILES string of the molecule is C/C(=N/NC(=O)c1ccc(C)cc1)c1ccc([N+](=O)[O-])cc1. The standard InChI is InChI=1S/C16H15N3O3/c1-11-3-5-14(6-4-11)16(20)18-17-12(2)13-7-9-15(10-8-13)19(21)22/h3-10H,1-2H3,(H,18,20)/b17-12-. The Morgan fingerprint density at radius 2 is 1.59 bits per heavy atom. The molecule has 0 aliphatic carbocycles. The van der Waals surface area contributed by atoms with E-state index in [1.165, 1.54) is 12.1 Å². The molecule has 0 saturated carbocycles. The number of non-ortho nitro benzene ring substituents is 1. The first-order chi connectivity index (χ1) is 10.5. The largest absolute Gasteiger partial charge is 0.271 e. The first kappa shape index (κ1) is 15.4. The number of hydrogen-bond donors (Lipinski definition) is 1. The Bertz CT molecular complexity index is 719. The van der Waals surface area contributed by atoms with Crippen molar-refractivity contribution < 1.29 is 9.72 Å². The van der Waals surface area contributed by atoms with Crippen molar-refractivity contribution in [1.82, 2.24) is 5.43 Å². The zero-order valence-corrected chi connectivity index (χ0v) is 12.2. The number of nitrogens with one attached hydrogen (secondary N) is 1. The summed E-state index contributed by atoms with van der Waals surface area (Å²) >= 11 is 0. The van der Waals surface area contributed by atoms with E-state index >= 15 is 0 Å². The Hall–Kier alpha value is -3.02. The smallest absolute Gasteiger partial charge is 0.267 e. The monoisotopic (exact) mass is 297 g/mol. The average Bonchev–Trinajstić information content (AvgIpc) is 2.53. The van der Waals surface area contributed by atoms with Gasteiger partial charge in [-0.25, -0.2) is 5.43 Å². The Labute approximate surface area is 127 Å². The van der Waals surface area contributed by atoms with E-state index in [4.69, 9.17) is 0 Å². The van der Waals surface area contributed by atoms with Crippen LogP contribution in [0.4, 0.5) is 5.69 Å². The van der Waals surface area contributed by atoms with Gasteiger partial charge in [-0.1, -0.05) is 17.7 Å². The second-order valence-corrected chi connectivity index (χ2v) is 4.81. The van der Waals surface area contributed by atoms with Crippen LogP contribution in [0.1, 0.15) is 28.4 Å². The van der Waals surface area contributed by atoms with E-state index in [0.717, 1.165) is 5.56 Å². The molecule has 0 aliphatic heterocycles. The fraction of sp³-hybridized carbons (Fsp3) is 0.125. The highest BCUT2D eigenvalue weighted by molar-refractivity contribution is 6.00. The Morgan fingerprint density at radius 3 is 2.14 bits per heavy atom. The fourth-order valence-electron chi connectivity index (χ4n) is 1.79. The van der Waals surface area contributed by atoms with Crippen LogP contribution in [0.3, 0.4) is 0 Å². The molecule has 0 saturated heterocycles. The van der Waals surface area contributed by atoms with E-state index in [1.807, 2.05) is 19.1 Å². The van der Waals surface area contributed by atoms with Gasteiger partial charge in [0.1, 0.15) is 0 Å². The number of nitrogens with zero attached hydrogens (tertiary/aromatic N) is 2. The van der Waals surface area contributed by atoms with Crippen molar-refractivity contribution >= 4 is 17.3 Å². The van der Waals surface area contributed by atoms with Gasteiger partial charge >= 0.3 is 0 Å². The van der Waals surface area contributed by atoms with Crippen molar-refractivity contribution in [3.05, 3.63) is 75.3 Å². The van der Waals surface area contributed by atoms with Crippen molar-refractivity contribution in [2.45, 2.75) is 13.8 Å². The van der Waals surface area contributed by atoms with Crippen molar-refractivity contribution in [2.75, 3.05) is 0 Å². The molecule has 0 bridgehead atoms. The normalized spacial score (nSPS) is 11.1. The van der Waals surface area contributed by atoms with Gasteiger partial charge in [0.05, 0.1) is 10.6 Å². The maximum atomic E-state index is 11.9. The van der Waals surface area contributed by atoms with Crippen LogP contribution < -0.4 is 5.43 Å². The second kappa shape index (κ2) is 6.62. The third-order valence-electron chi connectivity index (χ3n) is 3.13. The molecule has 0 heterocycles. The molecule has 0 aromatic heterocycles.